The van der Waals surface area contributed by atoms with Crippen LogP contribution in [0.15, 0.2) is 18.2 Å². The largest absolute Gasteiger partial charge is 0.494 e. The average molecular weight is 290 g/mol. The van der Waals surface area contributed by atoms with E-state index in [4.69, 9.17) is 10.5 Å². The Labute approximate surface area is 127 Å². The molecule has 4 heteroatoms. The summed E-state index contributed by atoms with van der Waals surface area (Å²) in [5.74, 6) is 1.84. The van der Waals surface area contributed by atoms with Crippen LogP contribution in [0.1, 0.15) is 50.4 Å². The highest BCUT2D eigenvalue weighted by Gasteiger charge is 2.32. The number of carbonyl (C=O) groups excluding carboxylic acids is 1. The zero-order valence-electron chi connectivity index (χ0n) is 13.2. The number of rotatable bonds is 5. The minimum atomic E-state index is -0.0585. The molecular weight excluding hydrogens is 264 g/mol. The molecule has 0 spiro atoms. The number of benzene rings is 1. The van der Waals surface area contributed by atoms with Gasteiger partial charge in [0, 0.05) is 23.4 Å². The molecule has 0 heterocycles. The normalized spacial score (nSPS) is 24.8. The molecule has 1 amide bonds. The predicted octanol–water partition coefficient (Wildman–Crippen LogP) is 3.22. The highest BCUT2D eigenvalue weighted by molar-refractivity contribution is 5.95. The van der Waals surface area contributed by atoms with Gasteiger partial charge in [-0.1, -0.05) is 20.3 Å². The van der Waals surface area contributed by atoms with E-state index in [2.05, 4.69) is 19.2 Å². The van der Waals surface area contributed by atoms with E-state index < -0.39 is 0 Å². The van der Waals surface area contributed by atoms with Crippen molar-refractivity contribution in [1.29, 1.82) is 0 Å². The van der Waals surface area contributed by atoms with Gasteiger partial charge in [0.2, 0.25) is 0 Å². The van der Waals surface area contributed by atoms with E-state index in [-0.39, 0.29) is 11.9 Å². The van der Waals surface area contributed by atoms with Crippen LogP contribution in [-0.2, 0) is 0 Å². The van der Waals surface area contributed by atoms with E-state index >= 15 is 0 Å². The molecule has 4 nitrogen and oxygen atoms in total. The minimum Gasteiger partial charge on any atom is -0.494 e. The van der Waals surface area contributed by atoms with Gasteiger partial charge in [-0.25, -0.2) is 0 Å². The molecule has 3 N–H and O–H groups in total. The predicted molar refractivity (Wildman–Crippen MR) is 85.5 cm³/mol. The Morgan fingerprint density at radius 3 is 2.71 bits per heavy atom. The third-order valence-electron chi connectivity index (χ3n) is 4.57. The van der Waals surface area contributed by atoms with Gasteiger partial charge in [-0.2, -0.15) is 0 Å². The highest BCUT2D eigenvalue weighted by Crippen LogP contribution is 2.34. The van der Waals surface area contributed by atoms with Gasteiger partial charge in [0.1, 0.15) is 5.75 Å². The van der Waals surface area contributed by atoms with Gasteiger partial charge >= 0.3 is 0 Å². The minimum absolute atomic E-state index is 0.0585. The number of hydrogen-bond donors (Lipinski definition) is 2. The van der Waals surface area contributed by atoms with Crippen molar-refractivity contribution in [2.24, 2.45) is 11.8 Å². The van der Waals surface area contributed by atoms with Crippen LogP contribution in [0.25, 0.3) is 0 Å². The van der Waals surface area contributed by atoms with Gasteiger partial charge in [0.15, 0.2) is 0 Å². The van der Waals surface area contributed by atoms with Crippen LogP contribution in [0, 0.1) is 11.8 Å². The molecular formula is C17H26N2O2. The van der Waals surface area contributed by atoms with Crippen LogP contribution in [0.4, 0.5) is 5.69 Å². The first-order valence-corrected chi connectivity index (χ1v) is 7.89. The third-order valence-corrected chi connectivity index (χ3v) is 4.57. The van der Waals surface area contributed by atoms with Gasteiger partial charge < -0.3 is 15.8 Å². The molecule has 1 aliphatic carbocycles. The first-order chi connectivity index (χ1) is 10.0. The van der Waals surface area contributed by atoms with Crippen LogP contribution in [0.5, 0.6) is 5.75 Å². The Morgan fingerprint density at radius 1 is 1.33 bits per heavy atom. The molecule has 1 aromatic carbocycles. The second-order valence-corrected chi connectivity index (χ2v) is 5.91. The van der Waals surface area contributed by atoms with Crippen molar-refractivity contribution in [3.63, 3.8) is 0 Å². The summed E-state index contributed by atoms with van der Waals surface area (Å²) in [5, 5.41) is 3.16. The number of amides is 1. The van der Waals surface area contributed by atoms with E-state index in [0.29, 0.717) is 29.5 Å². The first kappa shape index (κ1) is 15.7. The quantitative estimate of drug-likeness (QED) is 0.818. The SMILES string of the molecule is CCOc1cc(N)cc(C(=O)NC2CCC(CC)C2C)c1. The van der Waals surface area contributed by atoms with Gasteiger partial charge in [-0.3, -0.25) is 4.79 Å². The number of nitrogen functional groups attached to an aromatic ring is 1. The molecule has 0 radical (unpaired) electrons. The number of ether oxygens (including phenoxy) is 1. The first-order valence-electron chi connectivity index (χ1n) is 7.89. The summed E-state index contributed by atoms with van der Waals surface area (Å²) in [5.41, 5.74) is 6.97. The second kappa shape index (κ2) is 6.83. The van der Waals surface area contributed by atoms with Crippen LogP contribution in [-0.4, -0.2) is 18.6 Å². The summed E-state index contributed by atoms with van der Waals surface area (Å²) >= 11 is 0. The van der Waals surface area contributed by atoms with E-state index in [1.807, 2.05) is 6.92 Å². The fourth-order valence-corrected chi connectivity index (χ4v) is 3.28. The smallest absolute Gasteiger partial charge is 0.251 e. The Kier molecular flexibility index (Phi) is 5.10. The lowest BCUT2D eigenvalue weighted by molar-refractivity contribution is 0.0926. The standard InChI is InChI=1S/C17H26N2O2/c1-4-12-6-7-16(11(12)3)19-17(20)13-8-14(18)10-15(9-13)21-5-2/h8-12,16H,4-7,18H2,1-3H3,(H,19,20). The molecule has 116 valence electrons. The monoisotopic (exact) mass is 290 g/mol. The molecule has 0 bridgehead atoms. The molecule has 0 saturated heterocycles. The Morgan fingerprint density at radius 2 is 2.10 bits per heavy atom. The summed E-state index contributed by atoms with van der Waals surface area (Å²) in [6, 6.07) is 5.46. The molecule has 0 aromatic heterocycles. The van der Waals surface area contributed by atoms with Gasteiger partial charge in [0.25, 0.3) is 5.91 Å². The molecule has 21 heavy (non-hydrogen) atoms. The summed E-state index contributed by atoms with van der Waals surface area (Å²) in [7, 11) is 0. The van der Waals surface area contributed by atoms with Gasteiger partial charge in [0.05, 0.1) is 6.61 Å². The van der Waals surface area contributed by atoms with Crippen molar-refractivity contribution in [3.8, 4) is 5.75 Å². The van der Waals surface area contributed by atoms with Crippen LogP contribution in [0.2, 0.25) is 0 Å². The lowest BCUT2D eigenvalue weighted by atomic mass is 9.93. The average Bonchev–Trinajstić information content (AvgIpc) is 2.79. The zero-order valence-corrected chi connectivity index (χ0v) is 13.2. The summed E-state index contributed by atoms with van der Waals surface area (Å²) in [4.78, 5) is 12.4. The molecule has 1 saturated carbocycles. The lowest BCUT2D eigenvalue weighted by Gasteiger charge is -2.21. The Bertz CT molecular complexity index is 502. The maximum absolute atomic E-state index is 12.4. The van der Waals surface area contributed by atoms with Crippen LogP contribution >= 0.6 is 0 Å². The molecule has 1 aromatic rings. The van der Waals surface area contributed by atoms with E-state index in [9.17, 15) is 4.79 Å². The summed E-state index contributed by atoms with van der Waals surface area (Å²) < 4.78 is 5.44. The maximum atomic E-state index is 12.4. The van der Waals surface area contributed by atoms with Crippen LogP contribution in [0.3, 0.4) is 0 Å². The highest BCUT2D eigenvalue weighted by atomic mass is 16.5. The number of carbonyl (C=O) groups is 1. The Hall–Kier alpha value is -1.71. The van der Waals surface area contributed by atoms with E-state index in [1.165, 1.54) is 12.8 Å². The summed E-state index contributed by atoms with van der Waals surface area (Å²) in [6.45, 7) is 6.92. The summed E-state index contributed by atoms with van der Waals surface area (Å²) in [6.07, 6.45) is 3.44. The van der Waals surface area contributed by atoms with Crippen molar-refractivity contribution in [2.75, 3.05) is 12.3 Å². The Balaban J connectivity index is 2.07. The number of hydrogen-bond acceptors (Lipinski definition) is 3. The van der Waals surface area contributed by atoms with E-state index in [0.717, 1.165) is 12.3 Å². The molecule has 1 aliphatic rings. The van der Waals surface area contributed by atoms with Gasteiger partial charge in [-0.15, -0.1) is 0 Å². The van der Waals surface area contributed by atoms with E-state index in [1.54, 1.807) is 18.2 Å². The molecule has 3 atom stereocenters. The topological polar surface area (TPSA) is 64.3 Å². The fraction of sp³-hybridized carbons (Fsp3) is 0.588. The molecule has 3 unspecified atom stereocenters. The number of anilines is 1. The van der Waals surface area contributed by atoms with Crippen molar-refractivity contribution in [1.82, 2.24) is 5.32 Å². The molecule has 0 aliphatic heterocycles. The van der Waals surface area contributed by atoms with Crippen molar-refractivity contribution in [2.45, 2.75) is 46.1 Å². The van der Waals surface area contributed by atoms with Crippen molar-refractivity contribution >= 4 is 11.6 Å². The fourth-order valence-electron chi connectivity index (χ4n) is 3.28. The molecule has 2 rings (SSSR count). The second-order valence-electron chi connectivity index (χ2n) is 5.91. The third kappa shape index (κ3) is 3.69. The van der Waals surface area contributed by atoms with Crippen molar-refractivity contribution in [3.05, 3.63) is 23.8 Å². The zero-order chi connectivity index (χ0) is 15.4. The molecule has 1 fully saturated rings. The number of nitrogens with one attached hydrogen (secondary N) is 1. The van der Waals surface area contributed by atoms with Gasteiger partial charge in [-0.05, 0) is 43.7 Å². The van der Waals surface area contributed by atoms with Crippen LogP contribution < -0.4 is 15.8 Å². The lowest BCUT2D eigenvalue weighted by Crippen LogP contribution is -2.37. The van der Waals surface area contributed by atoms with Crippen molar-refractivity contribution < 1.29 is 9.53 Å². The maximum Gasteiger partial charge on any atom is 0.251 e. The number of nitrogens with two attached hydrogens (primary N) is 1.